The third-order valence-corrected chi connectivity index (χ3v) is 2.19. The minimum atomic E-state index is -1.16. The number of carbonyl (C=O) groups is 1. The summed E-state index contributed by atoms with van der Waals surface area (Å²) in [6.45, 7) is 0. The first-order chi connectivity index (χ1) is 7.27. The van der Waals surface area contributed by atoms with Crippen molar-refractivity contribution in [2.45, 2.75) is 6.42 Å². The summed E-state index contributed by atoms with van der Waals surface area (Å²) in [6, 6.07) is 7.88. The molecule has 0 saturated carbocycles. The van der Waals surface area contributed by atoms with E-state index in [0.717, 1.165) is 16.5 Å². The van der Waals surface area contributed by atoms with Crippen molar-refractivity contribution in [3.63, 3.8) is 0 Å². The quantitative estimate of drug-likeness (QED) is 0.734. The normalized spacial score (nSPS) is 11.2. The maximum absolute atomic E-state index is 10.2. The van der Waals surface area contributed by atoms with Gasteiger partial charge in [-0.25, -0.2) is 4.79 Å². The molecule has 0 bridgehead atoms. The summed E-state index contributed by atoms with van der Waals surface area (Å²) in [7, 11) is 0. The van der Waals surface area contributed by atoms with Gasteiger partial charge in [0.15, 0.2) is 0 Å². The molecule has 0 unspecified atom stereocenters. The molecule has 76 valence electrons. The smallest absolute Gasteiger partial charge is 0.430 e. The average Bonchev–Trinajstić information content (AvgIpc) is 2.62. The molecule has 2 N–H and O–H groups in total. The Morgan fingerprint density at radius 1 is 1.47 bits per heavy atom. The number of H-pyrrole nitrogens is 1. The summed E-state index contributed by atoms with van der Waals surface area (Å²) in [4.78, 5) is 16.6. The van der Waals surface area contributed by atoms with Gasteiger partial charge in [-0.1, -0.05) is 18.2 Å². The predicted molar refractivity (Wildman–Crippen MR) is 58.5 cm³/mol. The number of carboxylic acid groups (broad SMARTS) is 1. The highest BCUT2D eigenvalue weighted by molar-refractivity contribution is 5.87. The van der Waals surface area contributed by atoms with Crippen LogP contribution in [0.25, 0.3) is 10.9 Å². The number of nitrogens with one attached hydrogen (secondary N) is 1. The molecular weight excluding hydrogens is 192 g/mol. The molecule has 0 aliphatic rings. The van der Waals surface area contributed by atoms with Crippen LogP contribution in [0.2, 0.25) is 0 Å². The Bertz CT molecular complexity index is 514. The van der Waals surface area contributed by atoms with E-state index in [1.807, 2.05) is 30.5 Å². The van der Waals surface area contributed by atoms with Gasteiger partial charge in [0.1, 0.15) is 0 Å². The summed E-state index contributed by atoms with van der Waals surface area (Å²) in [6.07, 6.45) is 2.64. The van der Waals surface area contributed by atoms with E-state index in [1.165, 1.54) is 6.21 Å². The monoisotopic (exact) mass is 202 g/mol. The van der Waals surface area contributed by atoms with Gasteiger partial charge in [0, 0.05) is 29.7 Å². The Balaban J connectivity index is 2.25. The van der Waals surface area contributed by atoms with Gasteiger partial charge in [-0.15, -0.1) is 0 Å². The number of benzene rings is 1. The lowest BCUT2D eigenvalue weighted by Gasteiger charge is -1.92. The van der Waals surface area contributed by atoms with Crippen molar-refractivity contribution in [3.05, 3.63) is 36.0 Å². The zero-order valence-corrected chi connectivity index (χ0v) is 7.97. The number of nitrogens with zero attached hydrogens (tertiary/aromatic N) is 1. The topological polar surface area (TPSA) is 65.4 Å². The first-order valence-electron chi connectivity index (χ1n) is 4.58. The number of hydrogen-bond donors (Lipinski definition) is 2. The lowest BCUT2D eigenvalue weighted by molar-refractivity contribution is 0.206. The summed E-state index contributed by atoms with van der Waals surface area (Å²) in [5.74, 6) is 0. The van der Waals surface area contributed by atoms with Crippen LogP contribution in [0, 0.1) is 0 Å². The molecule has 4 nitrogen and oxygen atoms in total. The van der Waals surface area contributed by atoms with Crippen molar-refractivity contribution in [2.24, 2.45) is 4.99 Å². The first kappa shape index (κ1) is 9.45. The first-order valence-corrected chi connectivity index (χ1v) is 4.58. The van der Waals surface area contributed by atoms with Crippen molar-refractivity contribution >= 4 is 23.2 Å². The van der Waals surface area contributed by atoms with Crippen molar-refractivity contribution in [1.82, 2.24) is 4.98 Å². The highest BCUT2D eigenvalue weighted by atomic mass is 16.4. The van der Waals surface area contributed by atoms with Gasteiger partial charge >= 0.3 is 6.09 Å². The largest absolute Gasteiger partial charge is 0.463 e. The van der Waals surface area contributed by atoms with Crippen LogP contribution in [-0.2, 0) is 6.42 Å². The van der Waals surface area contributed by atoms with Crippen LogP contribution in [0.15, 0.2) is 35.5 Å². The van der Waals surface area contributed by atoms with E-state index in [9.17, 15) is 4.79 Å². The molecule has 0 aliphatic carbocycles. The zero-order chi connectivity index (χ0) is 10.7. The maximum Gasteiger partial charge on any atom is 0.430 e. The molecule has 1 aromatic carbocycles. The molecule has 2 rings (SSSR count). The van der Waals surface area contributed by atoms with Gasteiger partial charge in [0.05, 0.1) is 0 Å². The fourth-order valence-corrected chi connectivity index (χ4v) is 1.52. The van der Waals surface area contributed by atoms with Gasteiger partial charge in [-0.05, 0) is 11.6 Å². The average molecular weight is 202 g/mol. The molecule has 0 atom stereocenters. The molecule has 0 spiro atoms. The summed E-state index contributed by atoms with van der Waals surface area (Å²) >= 11 is 0. The molecule has 0 saturated heterocycles. The van der Waals surface area contributed by atoms with E-state index in [2.05, 4.69) is 9.98 Å². The van der Waals surface area contributed by atoms with Crippen molar-refractivity contribution in [3.8, 4) is 0 Å². The van der Waals surface area contributed by atoms with Crippen LogP contribution in [0.5, 0.6) is 0 Å². The van der Waals surface area contributed by atoms with Crippen molar-refractivity contribution < 1.29 is 9.90 Å². The lowest BCUT2D eigenvalue weighted by Crippen LogP contribution is -1.89. The Labute approximate surface area is 86.3 Å². The van der Waals surface area contributed by atoms with Crippen LogP contribution >= 0.6 is 0 Å². The van der Waals surface area contributed by atoms with Crippen LogP contribution in [0.4, 0.5) is 4.79 Å². The molecule has 4 heteroatoms. The maximum atomic E-state index is 10.2. The fourth-order valence-electron chi connectivity index (χ4n) is 1.52. The third-order valence-electron chi connectivity index (χ3n) is 2.19. The number of aromatic amines is 1. The van der Waals surface area contributed by atoms with Gasteiger partial charge in [-0.2, -0.15) is 4.99 Å². The van der Waals surface area contributed by atoms with Crippen molar-refractivity contribution in [1.29, 1.82) is 0 Å². The van der Waals surface area contributed by atoms with E-state index < -0.39 is 6.09 Å². The number of aliphatic imine (C=N–C) groups is 1. The van der Waals surface area contributed by atoms with Gasteiger partial charge < -0.3 is 10.1 Å². The van der Waals surface area contributed by atoms with Crippen molar-refractivity contribution in [2.75, 3.05) is 0 Å². The van der Waals surface area contributed by atoms with E-state index in [1.54, 1.807) is 0 Å². The van der Waals surface area contributed by atoms with Gasteiger partial charge in [0.25, 0.3) is 0 Å². The number of para-hydroxylation sites is 1. The summed E-state index contributed by atoms with van der Waals surface area (Å²) in [5.41, 5.74) is 2.10. The molecule has 2 aromatic rings. The van der Waals surface area contributed by atoms with Crippen LogP contribution < -0.4 is 0 Å². The van der Waals surface area contributed by atoms with E-state index in [0.29, 0.717) is 6.42 Å². The molecular formula is C11H10N2O2. The SMILES string of the molecule is O=C(O)/N=C/Cc1c[nH]c2ccccc12. The number of aromatic nitrogens is 1. The Morgan fingerprint density at radius 3 is 3.07 bits per heavy atom. The molecule has 0 aliphatic heterocycles. The Kier molecular flexibility index (Phi) is 2.49. The second-order valence-corrected chi connectivity index (χ2v) is 3.16. The zero-order valence-electron chi connectivity index (χ0n) is 7.97. The van der Waals surface area contributed by atoms with Gasteiger partial charge in [0.2, 0.25) is 0 Å². The van der Waals surface area contributed by atoms with E-state index >= 15 is 0 Å². The van der Waals surface area contributed by atoms with E-state index in [4.69, 9.17) is 5.11 Å². The standard InChI is InChI=1S/C11H10N2O2/c14-11(15)12-6-5-8-7-13-10-4-2-1-3-9(8)10/h1-4,6-7,13H,5H2,(H,14,15)/b12-6+. The number of rotatable bonds is 2. The van der Waals surface area contributed by atoms with Crippen LogP contribution in [-0.4, -0.2) is 22.4 Å². The second kappa shape index (κ2) is 3.96. The second-order valence-electron chi connectivity index (χ2n) is 3.16. The lowest BCUT2D eigenvalue weighted by atomic mass is 10.1. The highest BCUT2D eigenvalue weighted by Gasteiger charge is 2.00. The summed E-state index contributed by atoms with van der Waals surface area (Å²) < 4.78 is 0. The minimum Gasteiger partial charge on any atom is -0.463 e. The molecule has 15 heavy (non-hydrogen) atoms. The van der Waals surface area contributed by atoms with Crippen LogP contribution in [0.1, 0.15) is 5.56 Å². The summed E-state index contributed by atoms with van der Waals surface area (Å²) in [5, 5.41) is 9.46. The molecule has 0 fully saturated rings. The fraction of sp³-hybridized carbons (Fsp3) is 0.0909. The highest BCUT2D eigenvalue weighted by Crippen LogP contribution is 2.17. The number of fused-ring (bicyclic) bond motifs is 1. The molecule has 1 aromatic heterocycles. The van der Waals surface area contributed by atoms with Crippen LogP contribution in [0.3, 0.4) is 0 Å². The number of amides is 1. The number of hydrogen-bond acceptors (Lipinski definition) is 1. The molecule has 1 amide bonds. The third kappa shape index (κ3) is 2.04. The van der Waals surface area contributed by atoms with Gasteiger partial charge in [-0.3, -0.25) is 0 Å². The molecule has 0 radical (unpaired) electrons. The Hall–Kier alpha value is -2.10. The molecule has 1 heterocycles. The minimum absolute atomic E-state index is 0.524. The predicted octanol–water partition coefficient (Wildman–Crippen LogP) is 2.46. The van der Waals surface area contributed by atoms with E-state index in [-0.39, 0.29) is 0 Å². The Morgan fingerprint density at radius 2 is 2.27 bits per heavy atom.